The molecule has 0 spiro atoms. The van der Waals surface area contributed by atoms with Crippen LogP contribution in [0, 0.1) is 0 Å². The van der Waals surface area contributed by atoms with E-state index in [-0.39, 0.29) is 5.91 Å². The lowest BCUT2D eigenvalue weighted by atomic mass is 10.3. The molecule has 0 atom stereocenters. The molecule has 5 nitrogen and oxygen atoms in total. The number of thioether (sulfide) groups is 1. The number of amidine groups is 1. The van der Waals surface area contributed by atoms with Crippen LogP contribution in [-0.2, 0) is 4.79 Å². The second kappa shape index (κ2) is 7.39. The van der Waals surface area contributed by atoms with Gasteiger partial charge in [-0.15, -0.1) is 0 Å². The number of hydrogen-bond donors (Lipinski definition) is 1. The van der Waals surface area contributed by atoms with Crippen LogP contribution >= 0.6 is 35.0 Å². The molecule has 0 saturated carbocycles. The summed E-state index contributed by atoms with van der Waals surface area (Å²) in [6.45, 7) is 2.03. The lowest BCUT2D eigenvalue weighted by molar-refractivity contribution is -0.115. The van der Waals surface area contributed by atoms with Crippen molar-refractivity contribution in [2.45, 2.75) is 12.8 Å². The number of carbonyl (C=O) groups is 1. The number of nitrogens with one attached hydrogen (secondary N) is 1. The molecule has 2 aliphatic heterocycles. The summed E-state index contributed by atoms with van der Waals surface area (Å²) in [6.07, 6.45) is 4.10. The van der Waals surface area contributed by atoms with E-state index in [1.54, 1.807) is 24.3 Å². The Bertz CT molecular complexity index is 917. The van der Waals surface area contributed by atoms with Crippen LogP contribution in [0.5, 0.6) is 0 Å². The third-order valence-corrected chi connectivity index (χ3v) is 5.74. The van der Waals surface area contributed by atoms with Gasteiger partial charge >= 0.3 is 0 Å². The molecule has 0 unspecified atom stereocenters. The van der Waals surface area contributed by atoms with Gasteiger partial charge in [0.1, 0.15) is 5.76 Å². The van der Waals surface area contributed by atoms with Crippen LogP contribution in [0.1, 0.15) is 18.6 Å². The average Bonchev–Trinajstić information content (AvgIpc) is 3.33. The Morgan fingerprint density at radius 3 is 2.73 bits per heavy atom. The number of carbonyl (C=O) groups excluding carboxylic acids is 1. The third kappa shape index (κ3) is 3.77. The number of benzene rings is 1. The number of rotatable bonds is 3. The molecule has 8 heteroatoms. The van der Waals surface area contributed by atoms with Gasteiger partial charge in [0.25, 0.3) is 5.91 Å². The van der Waals surface area contributed by atoms with E-state index in [1.807, 2.05) is 12.1 Å². The highest BCUT2D eigenvalue weighted by molar-refractivity contribution is 8.18. The summed E-state index contributed by atoms with van der Waals surface area (Å²) in [7, 11) is 0. The average molecular weight is 408 g/mol. The second-order valence-electron chi connectivity index (χ2n) is 5.95. The van der Waals surface area contributed by atoms with Gasteiger partial charge in [-0.2, -0.15) is 0 Å². The summed E-state index contributed by atoms with van der Waals surface area (Å²) in [5.74, 6) is 1.30. The van der Waals surface area contributed by atoms with Crippen molar-refractivity contribution in [3.05, 3.63) is 51.0 Å². The Hall–Kier alpha value is -1.89. The SMILES string of the molecule is O=C1NC(=Nc2ccc(Cl)c(Cl)c2)S/C1=C\c1ccc(N2CCCC2)o1. The highest BCUT2D eigenvalue weighted by Gasteiger charge is 2.24. The fraction of sp³-hybridized carbons (Fsp3) is 0.222. The normalized spacial score (nSPS) is 20.4. The Kier molecular flexibility index (Phi) is 4.98. The van der Waals surface area contributed by atoms with Gasteiger partial charge in [0.05, 0.1) is 20.6 Å². The zero-order valence-electron chi connectivity index (χ0n) is 13.7. The number of anilines is 1. The first-order chi connectivity index (χ1) is 12.6. The Balaban J connectivity index is 1.51. The molecule has 3 heterocycles. The van der Waals surface area contributed by atoms with E-state index in [0.717, 1.165) is 19.0 Å². The monoisotopic (exact) mass is 407 g/mol. The summed E-state index contributed by atoms with van der Waals surface area (Å²) in [6, 6.07) is 8.89. The molecule has 0 bridgehead atoms. The molecule has 2 saturated heterocycles. The molecule has 2 aliphatic rings. The third-order valence-electron chi connectivity index (χ3n) is 4.09. The van der Waals surface area contributed by atoms with Gasteiger partial charge in [0, 0.05) is 25.2 Å². The maximum atomic E-state index is 12.2. The summed E-state index contributed by atoms with van der Waals surface area (Å²) >= 11 is 13.2. The number of amides is 1. The van der Waals surface area contributed by atoms with Crippen molar-refractivity contribution in [3.63, 3.8) is 0 Å². The van der Waals surface area contributed by atoms with Gasteiger partial charge < -0.3 is 14.6 Å². The Morgan fingerprint density at radius 2 is 1.96 bits per heavy atom. The summed E-state index contributed by atoms with van der Waals surface area (Å²) in [5, 5.41) is 4.12. The second-order valence-corrected chi connectivity index (χ2v) is 7.80. The van der Waals surface area contributed by atoms with E-state index in [4.69, 9.17) is 27.6 Å². The summed E-state index contributed by atoms with van der Waals surface area (Å²) < 4.78 is 5.84. The Morgan fingerprint density at radius 1 is 1.15 bits per heavy atom. The first kappa shape index (κ1) is 17.5. The topological polar surface area (TPSA) is 57.8 Å². The molecule has 26 heavy (non-hydrogen) atoms. The van der Waals surface area contributed by atoms with Gasteiger partial charge in [0.15, 0.2) is 11.1 Å². The lowest BCUT2D eigenvalue weighted by Crippen LogP contribution is -2.19. The van der Waals surface area contributed by atoms with Gasteiger partial charge in [0.2, 0.25) is 0 Å². The van der Waals surface area contributed by atoms with Gasteiger partial charge in [-0.05, 0) is 48.9 Å². The minimum Gasteiger partial charge on any atom is -0.441 e. The molecule has 2 aromatic rings. The molecule has 2 fully saturated rings. The molecule has 0 radical (unpaired) electrons. The molecule has 1 aromatic carbocycles. The zero-order valence-corrected chi connectivity index (χ0v) is 16.0. The predicted octanol–water partition coefficient (Wildman–Crippen LogP) is 5.08. The standard InChI is InChI=1S/C18H15Cl2N3O2S/c19-13-5-3-11(9-14(13)20)21-18-22-17(24)15(26-18)10-12-4-6-16(25-12)23-7-1-2-8-23/h3-6,9-10H,1-2,7-8H2,(H,21,22,24)/b15-10-. The van der Waals surface area contributed by atoms with Gasteiger partial charge in [-0.25, -0.2) is 4.99 Å². The van der Waals surface area contributed by atoms with E-state index in [0.29, 0.717) is 31.6 Å². The minimum absolute atomic E-state index is 0.201. The summed E-state index contributed by atoms with van der Waals surface area (Å²) in [4.78, 5) is 19.3. The van der Waals surface area contributed by atoms with Crippen molar-refractivity contribution in [3.8, 4) is 0 Å². The largest absolute Gasteiger partial charge is 0.441 e. The van der Waals surface area contributed by atoms with Crippen LogP contribution < -0.4 is 10.2 Å². The molecule has 1 amide bonds. The van der Waals surface area contributed by atoms with E-state index < -0.39 is 0 Å². The number of nitrogens with zero attached hydrogens (tertiary/aromatic N) is 2. The predicted molar refractivity (Wildman–Crippen MR) is 107 cm³/mol. The fourth-order valence-electron chi connectivity index (χ4n) is 2.81. The number of furan rings is 1. The van der Waals surface area contributed by atoms with E-state index in [2.05, 4.69) is 15.2 Å². The van der Waals surface area contributed by atoms with Crippen LogP contribution in [0.3, 0.4) is 0 Å². The van der Waals surface area contributed by atoms with Crippen molar-refractivity contribution < 1.29 is 9.21 Å². The number of halogens is 2. The van der Waals surface area contributed by atoms with Crippen LogP contribution in [0.4, 0.5) is 11.6 Å². The van der Waals surface area contributed by atoms with Crippen LogP contribution in [-0.4, -0.2) is 24.2 Å². The molecule has 1 aromatic heterocycles. The van der Waals surface area contributed by atoms with Crippen LogP contribution in [0.25, 0.3) is 6.08 Å². The van der Waals surface area contributed by atoms with Crippen molar-refractivity contribution in [1.82, 2.24) is 5.32 Å². The van der Waals surface area contributed by atoms with Crippen molar-refractivity contribution in [2.75, 3.05) is 18.0 Å². The molecule has 0 aliphatic carbocycles. The van der Waals surface area contributed by atoms with Gasteiger partial charge in [-0.3, -0.25) is 4.79 Å². The molecule has 134 valence electrons. The first-order valence-electron chi connectivity index (χ1n) is 8.18. The maximum absolute atomic E-state index is 12.2. The van der Waals surface area contributed by atoms with Gasteiger partial charge in [-0.1, -0.05) is 23.2 Å². The van der Waals surface area contributed by atoms with Crippen molar-refractivity contribution in [2.24, 2.45) is 4.99 Å². The number of hydrogen-bond acceptors (Lipinski definition) is 5. The quantitative estimate of drug-likeness (QED) is 0.720. The fourth-order valence-corrected chi connectivity index (χ4v) is 3.92. The van der Waals surface area contributed by atoms with Crippen LogP contribution in [0.15, 0.2) is 44.6 Å². The molecular weight excluding hydrogens is 393 g/mol. The van der Waals surface area contributed by atoms with E-state index >= 15 is 0 Å². The molecule has 4 rings (SSSR count). The minimum atomic E-state index is -0.201. The lowest BCUT2D eigenvalue weighted by Gasteiger charge is -2.12. The van der Waals surface area contributed by atoms with Crippen LogP contribution in [0.2, 0.25) is 10.0 Å². The van der Waals surface area contributed by atoms with Crippen molar-refractivity contribution >= 4 is 63.7 Å². The molecule has 1 N–H and O–H groups in total. The zero-order chi connectivity index (χ0) is 18.1. The van der Waals surface area contributed by atoms with Crippen molar-refractivity contribution in [1.29, 1.82) is 0 Å². The highest BCUT2D eigenvalue weighted by atomic mass is 35.5. The van der Waals surface area contributed by atoms with E-state index in [9.17, 15) is 4.79 Å². The highest BCUT2D eigenvalue weighted by Crippen LogP contribution is 2.32. The first-order valence-corrected chi connectivity index (χ1v) is 9.75. The number of aliphatic imine (C=N–C) groups is 1. The smallest absolute Gasteiger partial charge is 0.264 e. The Labute approximate surface area is 165 Å². The maximum Gasteiger partial charge on any atom is 0.264 e. The summed E-state index contributed by atoms with van der Waals surface area (Å²) in [5.41, 5.74) is 0.623. The van der Waals surface area contributed by atoms with E-state index in [1.165, 1.54) is 24.6 Å². The molecular formula is C18H15Cl2N3O2S.